The number of hydrogen-bond acceptors (Lipinski definition) is 5. The summed E-state index contributed by atoms with van der Waals surface area (Å²) in [5, 5.41) is 2.53. The maximum atomic E-state index is 11.8. The van der Waals surface area contributed by atoms with Crippen LogP contribution >= 0.6 is 0 Å². The number of esters is 1. The van der Waals surface area contributed by atoms with Gasteiger partial charge in [-0.25, -0.2) is 0 Å². The summed E-state index contributed by atoms with van der Waals surface area (Å²) in [5.41, 5.74) is 5.31. The van der Waals surface area contributed by atoms with Crippen LogP contribution in [0, 0.1) is 5.92 Å². The Bertz CT molecular complexity index is 422. The average molecular weight is 298 g/mol. The molecule has 0 spiro atoms. The summed E-state index contributed by atoms with van der Waals surface area (Å²) in [7, 11) is 0. The van der Waals surface area contributed by atoms with E-state index in [1.54, 1.807) is 6.92 Å². The molecule has 0 bridgehead atoms. The Hall–Kier alpha value is -1.92. The lowest BCUT2D eigenvalue weighted by Gasteiger charge is -2.28. The highest BCUT2D eigenvalue weighted by atomic mass is 16.5. The van der Waals surface area contributed by atoms with E-state index in [2.05, 4.69) is 5.32 Å². The predicted molar refractivity (Wildman–Crippen MR) is 74.0 cm³/mol. The van der Waals surface area contributed by atoms with Gasteiger partial charge in [-0.05, 0) is 25.7 Å². The topological polar surface area (TPSA) is 116 Å². The first-order valence-electron chi connectivity index (χ1n) is 7.20. The Balaban J connectivity index is 2.50. The van der Waals surface area contributed by atoms with Crippen LogP contribution in [0.2, 0.25) is 0 Å². The summed E-state index contributed by atoms with van der Waals surface area (Å²) in [6.45, 7) is 1.94. The second-order valence-electron chi connectivity index (χ2n) is 5.15. The van der Waals surface area contributed by atoms with Crippen molar-refractivity contribution in [3.63, 3.8) is 0 Å². The largest absolute Gasteiger partial charge is 0.466 e. The molecule has 0 saturated heterocycles. The van der Waals surface area contributed by atoms with Gasteiger partial charge in [0.05, 0.1) is 13.0 Å². The van der Waals surface area contributed by atoms with E-state index in [-0.39, 0.29) is 37.6 Å². The molecule has 0 aromatic heterocycles. The van der Waals surface area contributed by atoms with E-state index in [0.717, 1.165) is 0 Å². The zero-order valence-corrected chi connectivity index (χ0v) is 12.2. The summed E-state index contributed by atoms with van der Waals surface area (Å²) in [6, 6.07) is -0.857. The molecular formula is C14H22N2O5. The van der Waals surface area contributed by atoms with E-state index in [1.807, 2.05) is 0 Å². The molecule has 0 heterocycles. The first kappa shape index (κ1) is 17.1. The highest BCUT2D eigenvalue weighted by Gasteiger charge is 2.32. The molecule has 2 atom stereocenters. The quantitative estimate of drug-likeness (QED) is 0.645. The second kappa shape index (κ2) is 8.39. The Labute approximate surface area is 123 Å². The standard InChI is InChI=1S/C14H22N2O5/c1-2-21-12(19)7-6-11(18)16-13(14(15)20)9-4-3-5-10(17)8-9/h9,13H,2-8H2,1H3,(H2,15,20)(H,16,18)/t9-,13+/m0/s1. The van der Waals surface area contributed by atoms with Crippen LogP contribution < -0.4 is 11.1 Å². The Kier molecular flexibility index (Phi) is 6.84. The molecule has 1 saturated carbocycles. The highest BCUT2D eigenvalue weighted by molar-refractivity contribution is 5.89. The van der Waals surface area contributed by atoms with Gasteiger partial charge >= 0.3 is 5.97 Å². The van der Waals surface area contributed by atoms with Crippen LogP contribution in [0.3, 0.4) is 0 Å². The fourth-order valence-corrected chi connectivity index (χ4v) is 2.46. The summed E-state index contributed by atoms with van der Waals surface area (Å²) in [5.74, 6) is -1.73. The lowest BCUT2D eigenvalue weighted by molar-refractivity contribution is -0.144. The number of nitrogens with one attached hydrogen (secondary N) is 1. The van der Waals surface area contributed by atoms with Gasteiger partial charge in [0.1, 0.15) is 11.8 Å². The van der Waals surface area contributed by atoms with E-state index in [0.29, 0.717) is 19.3 Å². The fourth-order valence-electron chi connectivity index (χ4n) is 2.46. The molecule has 7 heteroatoms. The molecule has 118 valence electrons. The molecule has 0 aromatic carbocycles. The lowest BCUT2D eigenvalue weighted by Crippen LogP contribution is -2.50. The minimum absolute atomic E-state index is 0.0469. The molecule has 0 radical (unpaired) electrons. The number of carbonyl (C=O) groups is 4. The van der Waals surface area contributed by atoms with Crippen LogP contribution in [-0.4, -0.2) is 36.2 Å². The minimum atomic E-state index is -0.857. The summed E-state index contributed by atoms with van der Waals surface area (Å²) >= 11 is 0. The van der Waals surface area contributed by atoms with Crippen molar-refractivity contribution in [2.24, 2.45) is 11.7 Å². The number of ether oxygens (including phenoxy) is 1. The maximum Gasteiger partial charge on any atom is 0.306 e. The second-order valence-corrected chi connectivity index (χ2v) is 5.15. The number of Topliss-reactive ketones (excluding diaryl/α,β-unsaturated/α-hetero) is 1. The van der Waals surface area contributed by atoms with E-state index in [9.17, 15) is 19.2 Å². The van der Waals surface area contributed by atoms with Crippen LogP contribution in [0.1, 0.15) is 45.4 Å². The smallest absolute Gasteiger partial charge is 0.306 e. The molecule has 2 amide bonds. The lowest BCUT2D eigenvalue weighted by atomic mass is 9.83. The average Bonchev–Trinajstić information content (AvgIpc) is 2.42. The third kappa shape index (κ3) is 5.93. The van der Waals surface area contributed by atoms with E-state index >= 15 is 0 Å². The van der Waals surface area contributed by atoms with Crippen molar-refractivity contribution in [1.29, 1.82) is 0 Å². The van der Waals surface area contributed by atoms with Crippen LogP contribution in [0.25, 0.3) is 0 Å². The molecule has 1 aliphatic rings. The molecule has 7 nitrogen and oxygen atoms in total. The molecular weight excluding hydrogens is 276 g/mol. The molecule has 0 aliphatic heterocycles. The van der Waals surface area contributed by atoms with E-state index in [1.165, 1.54) is 0 Å². The Morgan fingerprint density at radius 1 is 1.38 bits per heavy atom. The van der Waals surface area contributed by atoms with Crippen molar-refractivity contribution < 1.29 is 23.9 Å². The van der Waals surface area contributed by atoms with E-state index < -0.39 is 23.8 Å². The monoisotopic (exact) mass is 298 g/mol. The Morgan fingerprint density at radius 2 is 2.10 bits per heavy atom. The van der Waals surface area contributed by atoms with Gasteiger partial charge in [0.2, 0.25) is 11.8 Å². The third-order valence-corrected chi connectivity index (χ3v) is 3.48. The molecule has 21 heavy (non-hydrogen) atoms. The zero-order chi connectivity index (χ0) is 15.8. The first-order chi connectivity index (χ1) is 9.93. The van der Waals surface area contributed by atoms with Gasteiger partial charge in [0, 0.05) is 19.3 Å². The van der Waals surface area contributed by atoms with E-state index in [4.69, 9.17) is 10.5 Å². The molecule has 0 aromatic rings. The van der Waals surface area contributed by atoms with Crippen molar-refractivity contribution in [1.82, 2.24) is 5.32 Å². The van der Waals surface area contributed by atoms with Crippen molar-refractivity contribution in [2.45, 2.75) is 51.5 Å². The van der Waals surface area contributed by atoms with Crippen molar-refractivity contribution in [2.75, 3.05) is 6.61 Å². The highest BCUT2D eigenvalue weighted by Crippen LogP contribution is 2.24. The van der Waals surface area contributed by atoms with Crippen LogP contribution in [0.5, 0.6) is 0 Å². The first-order valence-corrected chi connectivity index (χ1v) is 7.20. The number of rotatable bonds is 7. The van der Waals surface area contributed by atoms with Gasteiger partial charge < -0.3 is 15.8 Å². The fraction of sp³-hybridized carbons (Fsp3) is 0.714. The van der Waals surface area contributed by atoms with Crippen molar-refractivity contribution in [3.8, 4) is 0 Å². The van der Waals surface area contributed by atoms with Gasteiger partial charge in [-0.15, -0.1) is 0 Å². The van der Waals surface area contributed by atoms with Gasteiger partial charge in [-0.3, -0.25) is 19.2 Å². The minimum Gasteiger partial charge on any atom is -0.466 e. The van der Waals surface area contributed by atoms with Crippen molar-refractivity contribution >= 4 is 23.6 Å². The number of nitrogens with two attached hydrogens (primary N) is 1. The predicted octanol–water partition coefficient (Wildman–Crippen LogP) is 0.0591. The third-order valence-electron chi connectivity index (χ3n) is 3.48. The van der Waals surface area contributed by atoms with Crippen molar-refractivity contribution in [3.05, 3.63) is 0 Å². The maximum absolute atomic E-state index is 11.8. The Morgan fingerprint density at radius 3 is 2.67 bits per heavy atom. The van der Waals surface area contributed by atoms with Crippen LogP contribution in [0.15, 0.2) is 0 Å². The SMILES string of the molecule is CCOC(=O)CCC(=O)N[C@@H](C(N)=O)[C@H]1CCCC(=O)C1. The number of amides is 2. The van der Waals surface area contributed by atoms with Crippen LogP contribution in [0.4, 0.5) is 0 Å². The molecule has 3 N–H and O–H groups in total. The number of ketones is 1. The van der Waals surface area contributed by atoms with Crippen LogP contribution in [-0.2, 0) is 23.9 Å². The van der Waals surface area contributed by atoms with Gasteiger partial charge in [-0.2, -0.15) is 0 Å². The summed E-state index contributed by atoms with van der Waals surface area (Å²) in [6.07, 6.45) is 2.03. The normalized spacial score (nSPS) is 19.7. The number of hydrogen-bond donors (Lipinski definition) is 2. The molecule has 1 aliphatic carbocycles. The van der Waals surface area contributed by atoms with Gasteiger partial charge in [0.15, 0.2) is 0 Å². The summed E-state index contributed by atoms with van der Waals surface area (Å²) < 4.78 is 4.72. The zero-order valence-electron chi connectivity index (χ0n) is 12.2. The molecule has 1 fully saturated rings. The van der Waals surface area contributed by atoms with Gasteiger partial charge in [0.25, 0.3) is 0 Å². The summed E-state index contributed by atoms with van der Waals surface area (Å²) in [4.78, 5) is 45.9. The number of primary amides is 1. The molecule has 0 unspecified atom stereocenters. The molecule has 1 rings (SSSR count). The van der Waals surface area contributed by atoms with Gasteiger partial charge in [-0.1, -0.05) is 0 Å². The number of carbonyl (C=O) groups excluding carboxylic acids is 4.